The molecule has 1 heterocycles. The van der Waals surface area contributed by atoms with Gasteiger partial charge in [-0.05, 0) is 6.07 Å². The largest absolute Gasteiger partial charge is 0.480 e. The molecule has 1 unspecified atom stereocenters. The number of aliphatic carboxylic acids is 1. The number of carboxylic acid groups (broad SMARTS) is 1. The second-order valence-corrected chi connectivity index (χ2v) is 2.95. The van der Waals surface area contributed by atoms with Crippen molar-refractivity contribution in [3.63, 3.8) is 0 Å². The van der Waals surface area contributed by atoms with E-state index < -0.39 is 24.1 Å². The van der Waals surface area contributed by atoms with E-state index in [1.54, 1.807) is 0 Å². The summed E-state index contributed by atoms with van der Waals surface area (Å²) in [5.74, 6) is -3.33. The molecule has 1 atom stereocenters. The molecular weight excluding hydrogens is 212 g/mol. The second kappa shape index (κ2) is 4.84. The Morgan fingerprint density at radius 1 is 1.62 bits per heavy atom. The molecule has 0 radical (unpaired) electrons. The van der Waals surface area contributed by atoms with Gasteiger partial charge < -0.3 is 10.8 Å². The van der Waals surface area contributed by atoms with Crippen molar-refractivity contribution in [3.8, 4) is 6.07 Å². The average Bonchev–Trinajstić information content (AvgIpc) is 2.25. The highest BCUT2D eigenvalue weighted by Crippen LogP contribution is 2.08. The first-order chi connectivity index (χ1) is 7.54. The molecule has 7 heteroatoms. The minimum atomic E-state index is -1.37. The second-order valence-electron chi connectivity index (χ2n) is 2.95. The van der Waals surface area contributed by atoms with Gasteiger partial charge in [-0.25, -0.2) is 9.97 Å². The summed E-state index contributed by atoms with van der Waals surface area (Å²) in [5, 5.41) is 17.1. The third-order valence-electron chi connectivity index (χ3n) is 1.80. The van der Waals surface area contributed by atoms with Gasteiger partial charge in [0.05, 0.1) is 6.07 Å². The Bertz CT molecular complexity index is 466. The fourth-order valence-electron chi connectivity index (χ4n) is 1.01. The Hall–Kier alpha value is -2.49. The zero-order valence-electron chi connectivity index (χ0n) is 8.12. The summed E-state index contributed by atoms with van der Waals surface area (Å²) in [5.41, 5.74) is 5.27. The molecule has 1 aromatic heterocycles. The molecule has 0 aliphatic carbocycles. The van der Waals surface area contributed by atoms with Gasteiger partial charge in [0.15, 0.2) is 11.7 Å². The smallest absolute Gasteiger partial charge is 0.321 e. The van der Waals surface area contributed by atoms with Gasteiger partial charge in [0.1, 0.15) is 5.69 Å². The summed E-state index contributed by atoms with van der Waals surface area (Å²) in [7, 11) is 0. The Balaban J connectivity index is 2.81. The number of ketones is 1. The van der Waals surface area contributed by atoms with Crippen LogP contribution in [0.15, 0.2) is 12.3 Å². The number of carbonyl (C=O) groups is 2. The first-order valence-corrected chi connectivity index (χ1v) is 4.28. The molecule has 16 heavy (non-hydrogen) atoms. The molecule has 1 aromatic rings. The Morgan fingerprint density at radius 2 is 2.31 bits per heavy atom. The third kappa shape index (κ3) is 2.75. The van der Waals surface area contributed by atoms with Crippen LogP contribution in [0.3, 0.4) is 0 Å². The van der Waals surface area contributed by atoms with E-state index in [4.69, 9.17) is 16.1 Å². The summed E-state index contributed by atoms with van der Waals surface area (Å²) in [4.78, 5) is 29.3. The number of carbonyl (C=O) groups excluding carboxylic acids is 1. The Kier molecular flexibility index (Phi) is 3.50. The maximum absolute atomic E-state index is 11.5. The van der Waals surface area contributed by atoms with Crippen LogP contribution < -0.4 is 5.73 Å². The third-order valence-corrected chi connectivity index (χ3v) is 1.80. The van der Waals surface area contributed by atoms with Crippen molar-refractivity contribution in [1.82, 2.24) is 9.97 Å². The van der Waals surface area contributed by atoms with E-state index in [0.29, 0.717) is 0 Å². The summed E-state index contributed by atoms with van der Waals surface area (Å²) in [6, 6.07) is 2.84. The fraction of sp³-hybridized carbons (Fsp3) is 0.222. The summed E-state index contributed by atoms with van der Waals surface area (Å²) in [6.45, 7) is 0. The van der Waals surface area contributed by atoms with E-state index in [2.05, 4.69) is 9.97 Å². The lowest BCUT2D eigenvalue weighted by Gasteiger charge is -2.02. The zero-order chi connectivity index (χ0) is 12.1. The summed E-state index contributed by atoms with van der Waals surface area (Å²) >= 11 is 0. The van der Waals surface area contributed by atoms with Gasteiger partial charge in [-0.2, -0.15) is 5.26 Å². The number of aromatic nitrogens is 2. The number of nitrogens with two attached hydrogens (primary N) is 1. The van der Waals surface area contributed by atoms with Crippen LogP contribution in [0.4, 0.5) is 5.95 Å². The molecular formula is C9H8N4O3. The zero-order valence-corrected chi connectivity index (χ0v) is 8.12. The SMILES string of the molecule is N#CC(CC(=O)c1ccnc(N)n1)C(=O)O. The highest BCUT2D eigenvalue weighted by molar-refractivity contribution is 5.96. The van der Waals surface area contributed by atoms with E-state index in [9.17, 15) is 9.59 Å². The van der Waals surface area contributed by atoms with Crippen LogP contribution >= 0.6 is 0 Å². The monoisotopic (exact) mass is 220 g/mol. The van der Waals surface area contributed by atoms with Gasteiger partial charge in [0.25, 0.3) is 0 Å². The summed E-state index contributed by atoms with van der Waals surface area (Å²) < 4.78 is 0. The van der Waals surface area contributed by atoms with Crippen molar-refractivity contribution < 1.29 is 14.7 Å². The lowest BCUT2D eigenvalue weighted by Crippen LogP contribution is -2.17. The van der Waals surface area contributed by atoms with Gasteiger partial charge in [-0.15, -0.1) is 0 Å². The number of nitriles is 1. The first-order valence-electron chi connectivity index (χ1n) is 4.28. The van der Waals surface area contributed by atoms with E-state index in [-0.39, 0.29) is 11.6 Å². The van der Waals surface area contributed by atoms with Crippen LogP contribution in [0.25, 0.3) is 0 Å². The Morgan fingerprint density at radius 3 is 2.81 bits per heavy atom. The maximum Gasteiger partial charge on any atom is 0.321 e. The summed E-state index contributed by atoms with van der Waals surface area (Å²) in [6.07, 6.45) is 0.861. The molecule has 0 spiro atoms. The molecule has 0 aliphatic heterocycles. The molecule has 0 saturated heterocycles. The average molecular weight is 220 g/mol. The number of rotatable bonds is 4. The van der Waals surface area contributed by atoms with Gasteiger partial charge in [-0.1, -0.05) is 0 Å². The highest BCUT2D eigenvalue weighted by Gasteiger charge is 2.22. The lowest BCUT2D eigenvalue weighted by atomic mass is 10.0. The lowest BCUT2D eigenvalue weighted by molar-refractivity contribution is -0.139. The topological polar surface area (TPSA) is 130 Å². The van der Waals surface area contributed by atoms with E-state index >= 15 is 0 Å². The maximum atomic E-state index is 11.5. The molecule has 82 valence electrons. The molecule has 7 nitrogen and oxygen atoms in total. The van der Waals surface area contributed by atoms with Crippen molar-refractivity contribution in [2.75, 3.05) is 5.73 Å². The number of hydrogen-bond acceptors (Lipinski definition) is 6. The van der Waals surface area contributed by atoms with Crippen molar-refractivity contribution >= 4 is 17.7 Å². The van der Waals surface area contributed by atoms with Gasteiger partial charge in [0.2, 0.25) is 5.95 Å². The number of Topliss-reactive ketones (excluding diaryl/α,β-unsaturated/α-hetero) is 1. The van der Waals surface area contributed by atoms with E-state index in [1.807, 2.05) is 0 Å². The molecule has 0 fully saturated rings. The van der Waals surface area contributed by atoms with Gasteiger partial charge in [-0.3, -0.25) is 9.59 Å². The fourth-order valence-corrected chi connectivity index (χ4v) is 1.01. The van der Waals surface area contributed by atoms with Crippen LogP contribution in [0.2, 0.25) is 0 Å². The van der Waals surface area contributed by atoms with Crippen LogP contribution in [-0.4, -0.2) is 26.8 Å². The number of nitrogens with zero attached hydrogens (tertiary/aromatic N) is 3. The van der Waals surface area contributed by atoms with Gasteiger partial charge >= 0.3 is 5.97 Å². The minimum Gasteiger partial charge on any atom is -0.480 e. The molecule has 0 saturated carbocycles. The van der Waals surface area contributed by atoms with Crippen LogP contribution in [-0.2, 0) is 4.79 Å². The molecule has 0 aliphatic rings. The molecule has 1 rings (SSSR count). The molecule has 3 N–H and O–H groups in total. The number of hydrogen-bond donors (Lipinski definition) is 2. The molecule has 0 aromatic carbocycles. The number of nitrogen functional groups attached to an aromatic ring is 1. The van der Waals surface area contributed by atoms with E-state index in [0.717, 1.165) is 0 Å². The number of anilines is 1. The van der Waals surface area contributed by atoms with Crippen LogP contribution in [0, 0.1) is 17.2 Å². The Labute approximate surface area is 90.5 Å². The normalized spacial score (nSPS) is 11.4. The van der Waals surface area contributed by atoms with Crippen LogP contribution in [0.1, 0.15) is 16.9 Å². The first kappa shape index (κ1) is 11.6. The standard InChI is InChI=1S/C9H8N4O3/c10-4-5(8(15)16)3-7(14)6-1-2-12-9(11)13-6/h1-2,5H,3H2,(H,15,16)(H2,11,12,13). The van der Waals surface area contributed by atoms with Crippen LogP contribution in [0.5, 0.6) is 0 Å². The minimum absolute atomic E-state index is 0.00833. The van der Waals surface area contributed by atoms with E-state index in [1.165, 1.54) is 18.3 Å². The highest BCUT2D eigenvalue weighted by atomic mass is 16.4. The van der Waals surface area contributed by atoms with Crippen molar-refractivity contribution in [2.24, 2.45) is 5.92 Å². The van der Waals surface area contributed by atoms with Crippen molar-refractivity contribution in [1.29, 1.82) is 5.26 Å². The molecule has 0 bridgehead atoms. The van der Waals surface area contributed by atoms with Crippen molar-refractivity contribution in [2.45, 2.75) is 6.42 Å². The predicted molar refractivity (Wildman–Crippen MR) is 52.1 cm³/mol. The molecule has 0 amide bonds. The predicted octanol–water partition coefficient (Wildman–Crippen LogP) is -0.144. The quantitative estimate of drug-likeness (QED) is 0.675. The number of carboxylic acids is 1. The van der Waals surface area contributed by atoms with Crippen molar-refractivity contribution in [3.05, 3.63) is 18.0 Å². The van der Waals surface area contributed by atoms with Gasteiger partial charge in [0, 0.05) is 12.6 Å².